The fourth-order valence-electron chi connectivity index (χ4n) is 1.64. The zero-order valence-corrected chi connectivity index (χ0v) is 12.3. The van der Waals surface area contributed by atoms with Crippen LogP contribution >= 0.6 is 23.5 Å². The van der Waals surface area contributed by atoms with Crippen LogP contribution in [0.2, 0.25) is 5.02 Å². The second kappa shape index (κ2) is 6.54. The number of aromatic nitrogens is 3. The molecule has 4 nitrogen and oxygen atoms in total. The first kappa shape index (κ1) is 13.8. The lowest BCUT2D eigenvalue weighted by atomic mass is 10.2. The average Bonchev–Trinajstić information content (AvgIpc) is 3.02. The second-order valence-electron chi connectivity index (χ2n) is 3.90. The van der Waals surface area contributed by atoms with Crippen LogP contribution in [0.3, 0.4) is 0 Å². The highest BCUT2D eigenvalue weighted by Crippen LogP contribution is 2.29. The SMILES string of the molecule is CSNc1cccc2c(Cl)c[nH]c12.Cn1ccnc1. The average molecular weight is 295 g/mol. The van der Waals surface area contributed by atoms with Gasteiger partial charge in [-0.3, -0.25) is 0 Å². The summed E-state index contributed by atoms with van der Waals surface area (Å²) in [4.78, 5) is 6.92. The number of para-hydroxylation sites is 1. The van der Waals surface area contributed by atoms with Crippen LogP contribution in [0.15, 0.2) is 43.1 Å². The van der Waals surface area contributed by atoms with Crippen LogP contribution in [0.5, 0.6) is 0 Å². The van der Waals surface area contributed by atoms with Crippen molar-refractivity contribution in [1.82, 2.24) is 14.5 Å². The quantitative estimate of drug-likeness (QED) is 0.704. The summed E-state index contributed by atoms with van der Waals surface area (Å²) in [7, 11) is 1.94. The van der Waals surface area contributed by atoms with Crippen molar-refractivity contribution in [3.63, 3.8) is 0 Å². The molecule has 0 aliphatic rings. The van der Waals surface area contributed by atoms with Gasteiger partial charge in [-0.25, -0.2) is 4.98 Å². The van der Waals surface area contributed by atoms with Gasteiger partial charge < -0.3 is 14.3 Å². The van der Waals surface area contributed by atoms with Crippen LogP contribution in [-0.2, 0) is 7.05 Å². The zero-order chi connectivity index (χ0) is 13.7. The third-order valence-corrected chi connectivity index (χ3v) is 3.25. The van der Waals surface area contributed by atoms with Gasteiger partial charge in [-0.2, -0.15) is 0 Å². The Labute approximate surface area is 121 Å². The van der Waals surface area contributed by atoms with E-state index in [9.17, 15) is 0 Å². The van der Waals surface area contributed by atoms with E-state index in [0.29, 0.717) is 0 Å². The van der Waals surface area contributed by atoms with Crippen LogP contribution in [0.4, 0.5) is 5.69 Å². The van der Waals surface area contributed by atoms with E-state index in [-0.39, 0.29) is 0 Å². The first-order valence-electron chi connectivity index (χ1n) is 5.69. The Balaban J connectivity index is 0.000000186. The summed E-state index contributed by atoms with van der Waals surface area (Å²) in [6.45, 7) is 0. The third-order valence-electron chi connectivity index (χ3n) is 2.51. The predicted molar refractivity (Wildman–Crippen MR) is 83.7 cm³/mol. The number of anilines is 1. The number of hydrogen-bond donors (Lipinski definition) is 2. The van der Waals surface area contributed by atoms with E-state index in [0.717, 1.165) is 21.6 Å². The number of fused-ring (bicyclic) bond motifs is 1. The van der Waals surface area contributed by atoms with Crippen molar-refractivity contribution in [2.45, 2.75) is 0 Å². The topological polar surface area (TPSA) is 45.6 Å². The van der Waals surface area contributed by atoms with Crippen LogP contribution in [0.25, 0.3) is 10.9 Å². The third kappa shape index (κ3) is 3.45. The van der Waals surface area contributed by atoms with E-state index in [1.165, 1.54) is 0 Å². The number of benzene rings is 1. The van der Waals surface area contributed by atoms with Gasteiger partial charge in [0.15, 0.2) is 0 Å². The molecule has 0 saturated carbocycles. The van der Waals surface area contributed by atoms with Crippen molar-refractivity contribution in [1.29, 1.82) is 0 Å². The lowest BCUT2D eigenvalue weighted by Gasteiger charge is -2.02. The Morgan fingerprint density at radius 2 is 2.26 bits per heavy atom. The van der Waals surface area contributed by atoms with Crippen molar-refractivity contribution in [3.05, 3.63) is 48.1 Å². The van der Waals surface area contributed by atoms with Gasteiger partial charge in [-0.1, -0.05) is 35.7 Å². The van der Waals surface area contributed by atoms with Crippen molar-refractivity contribution in [2.75, 3.05) is 11.0 Å². The van der Waals surface area contributed by atoms with Gasteiger partial charge in [0.05, 0.1) is 22.6 Å². The molecular weight excluding hydrogens is 280 g/mol. The molecule has 6 heteroatoms. The van der Waals surface area contributed by atoms with Crippen molar-refractivity contribution in [3.8, 4) is 0 Å². The summed E-state index contributed by atoms with van der Waals surface area (Å²) < 4.78 is 5.08. The molecule has 2 heterocycles. The first-order chi connectivity index (χ1) is 9.22. The highest BCUT2D eigenvalue weighted by atomic mass is 35.5. The molecule has 0 saturated heterocycles. The van der Waals surface area contributed by atoms with E-state index in [2.05, 4.69) is 14.7 Å². The van der Waals surface area contributed by atoms with E-state index in [1.54, 1.807) is 30.7 Å². The maximum absolute atomic E-state index is 5.98. The molecule has 2 aromatic heterocycles. The number of nitrogens with zero attached hydrogens (tertiary/aromatic N) is 2. The number of hydrogen-bond acceptors (Lipinski definition) is 3. The Bertz CT molecular complexity index is 633. The van der Waals surface area contributed by atoms with E-state index in [4.69, 9.17) is 11.6 Å². The molecule has 0 aliphatic heterocycles. The molecule has 19 heavy (non-hydrogen) atoms. The molecule has 100 valence electrons. The summed E-state index contributed by atoms with van der Waals surface area (Å²) in [6, 6.07) is 6.01. The minimum Gasteiger partial charge on any atom is -0.358 e. The summed E-state index contributed by atoms with van der Waals surface area (Å²) >= 11 is 7.54. The van der Waals surface area contributed by atoms with Crippen LogP contribution in [0.1, 0.15) is 0 Å². The highest BCUT2D eigenvalue weighted by Gasteiger charge is 2.04. The number of nitrogens with one attached hydrogen (secondary N) is 2. The predicted octanol–water partition coefficient (Wildman–Crippen LogP) is 3.93. The molecule has 0 fully saturated rings. The molecule has 0 atom stereocenters. The summed E-state index contributed by atoms with van der Waals surface area (Å²) in [5.74, 6) is 0. The molecule has 0 aliphatic carbocycles. The second-order valence-corrected chi connectivity index (χ2v) is 4.92. The van der Waals surface area contributed by atoms with Crippen LogP contribution in [0, 0.1) is 0 Å². The lowest BCUT2D eigenvalue weighted by molar-refractivity contribution is 0.913. The number of aryl methyl sites for hydroxylation is 1. The van der Waals surface area contributed by atoms with Gasteiger partial charge >= 0.3 is 0 Å². The molecule has 0 bridgehead atoms. The molecular formula is C13H15ClN4S. The summed E-state index contributed by atoms with van der Waals surface area (Å²) in [5.41, 5.74) is 2.12. The number of aromatic amines is 1. The first-order valence-corrected chi connectivity index (χ1v) is 7.29. The van der Waals surface area contributed by atoms with Crippen molar-refractivity contribution < 1.29 is 0 Å². The monoisotopic (exact) mass is 294 g/mol. The molecule has 0 amide bonds. The fraction of sp³-hybridized carbons (Fsp3) is 0.154. The number of imidazole rings is 1. The fourth-order valence-corrected chi connectivity index (χ4v) is 2.24. The standard InChI is InChI=1S/C9H9ClN2S.C4H6N2/c1-13-12-8-4-2-3-6-7(10)5-11-9(6)8;1-6-3-2-5-4-6/h2-5,11-12H,1H3;2-4H,1H3. The van der Waals surface area contributed by atoms with E-state index < -0.39 is 0 Å². The van der Waals surface area contributed by atoms with E-state index in [1.807, 2.05) is 42.3 Å². The zero-order valence-electron chi connectivity index (χ0n) is 10.7. The van der Waals surface area contributed by atoms with Crippen molar-refractivity contribution in [2.24, 2.45) is 7.05 Å². The van der Waals surface area contributed by atoms with Gasteiger partial charge in [0.1, 0.15) is 0 Å². The normalized spacial score (nSPS) is 10.1. The maximum Gasteiger partial charge on any atom is 0.0943 e. The van der Waals surface area contributed by atoms with Gasteiger partial charge in [0.25, 0.3) is 0 Å². The van der Waals surface area contributed by atoms with Gasteiger partial charge in [-0.15, -0.1) is 0 Å². The van der Waals surface area contributed by atoms with Crippen LogP contribution in [-0.4, -0.2) is 20.8 Å². The lowest BCUT2D eigenvalue weighted by Crippen LogP contribution is -1.85. The van der Waals surface area contributed by atoms with Crippen molar-refractivity contribution >= 4 is 40.1 Å². The Morgan fingerprint density at radius 3 is 2.84 bits per heavy atom. The molecule has 0 radical (unpaired) electrons. The minimum absolute atomic E-state index is 0.764. The Kier molecular flexibility index (Phi) is 4.76. The summed E-state index contributed by atoms with van der Waals surface area (Å²) in [5, 5.41) is 1.82. The smallest absolute Gasteiger partial charge is 0.0943 e. The number of H-pyrrole nitrogens is 1. The van der Waals surface area contributed by atoms with Gasteiger partial charge in [0, 0.05) is 37.3 Å². The molecule has 1 aromatic carbocycles. The number of halogens is 1. The van der Waals surface area contributed by atoms with E-state index >= 15 is 0 Å². The Morgan fingerprint density at radius 1 is 1.42 bits per heavy atom. The van der Waals surface area contributed by atoms with Gasteiger partial charge in [-0.05, 0) is 6.07 Å². The summed E-state index contributed by atoms with van der Waals surface area (Å²) in [6.07, 6.45) is 9.18. The highest BCUT2D eigenvalue weighted by molar-refractivity contribution is 7.99. The van der Waals surface area contributed by atoms with Gasteiger partial charge in [0.2, 0.25) is 0 Å². The minimum atomic E-state index is 0.764. The maximum atomic E-state index is 5.98. The molecule has 0 unspecified atom stereocenters. The molecule has 3 aromatic rings. The van der Waals surface area contributed by atoms with Crippen LogP contribution < -0.4 is 4.72 Å². The largest absolute Gasteiger partial charge is 0.358 e. The molecule has 2 N–H and O–H groups in total. The molecule has 0 spiro atoms. The number of rotatable bonds is 2. The molecule has 3 rings (SSSR count). The Hall–Kier alpha value is -1.59.